The third-order valence-electron chi connectivity index (χ3n) is 5.08. The Labute approximate surface area is 147 Å². The van der Waals surface area contributed by atoms with Crippen molar-refractivity contribution in [2.45, 2.75) is 31.4 Å². The monoisotopic (exact) mass is 334 g/mol. The zero-order valence-corrected chi connectivity index (χ0v) is 14.1. The van der Waals surface area contributed by atoms with Gasteiger partial charge in [0, 0.05) is 23.5 Å². The number of carbonyl (C=O) groups excluding carboxylic acids is 1. The van der Waals surface area contributed by atoms with Gasteiger partial charge in [-0.25, -0.2) is 0 Å². The molecule has 25 heavy (non-hydrogen) atoms. The van der Waals surface area contributed by atoms with Crippen LogP contribution in [0, 0.1) is 0 Å². The SMILES string of the molecule is O=C(c1cc2ccccc2[nH]1)N1CCC[C@H]1C[C@@H](O)c1ccccc1. The number of benzene rings is 2. The van der Waals surface area contributed by atoms with Crippen molar-refractivity contribution < 1.29 is 9.90 Å². The first-order valence-electron chi connectivity index (χ1n) is 8.84. The molecule has 128 valence electrons. The number of aromatic amines is 1. The summed E-state index contributed by atoms with van der Waals surface area (Å²) >= 11 is 0. The normalized spacial score (nSPS) is 18.6. The largest absolute Gasteiger partial charge is 0.388 e. The molecule has 4 nitrogen and oxygen atoms in total. The fraction of sp³-hybridized carbons (Fsp3) is 0.286. The van der Waals surface area contributed by atoms with Crippen LogP contribution in [-0.2, 0) is 0 Å². The third kappa shape index (κ3) is 3.17. The number of amides is 1. The lowest BCUT2D eigenvalue weighted by molar-refractivity contribution is 0.0662. The zero-order chi connectivity index (χ0) is 17.2. The molecule has 1 fully saturated rings. The molecule has 1 aliphatic rings. The molecule has 3 aromatic rings. The second-order valence-corrected chi connectivity index (χ2v) is 6.73. The van der Waals surface area contributed by atoms with Crippen LogP contribution >= 0.6 is 0 Å². The summed E-state index contributed by atoms with van der Waals surface area (Å²) in [5.74, 6) is 0.0268. The van der Waals surface area contributed by atoms with E-state index in [0.29, 0.717) is 12.1 Å². The Kier molecular flexibility index (Phi) is 4.28. The minimum atomic E-state index is -0.540. The minimum Gasteiger partial charge on any atom is -0.388 e. The number of aliphatic hydroxyl groups is 1. The van der Waals surface area contributed by atoms with Crippen molar-refractivity contribution in [1.29, 1.82) is 0 Å². The van der Waals surface area contributed by atoms with Crippen LogP contribution in [-0.4, -0.2) is 33.5 Å². The standard InChI is InChI=1S/C21H22N2O2/c24-20(15-7-2-1-3-8-15)14-17-10-6-12-23(17)21(25)19-13-16-9-4-5-11-18(16)22-19/h1-5,7-9,11,13,17,20,22,24H,6,10,12,14H2/t17-,20+/m0/s1. The molecule has 1 aliphatic heterocycles. The smallest absolute Gasteiger partial charge is 0.270 e. The number of para-hydroxylation sites is 1. The van der Waals surface area contributed by atoms with Gasteiger partial charge in [0.15, 0.2) is 0 Å². The number of aromatic nitrogens is 1. The molecule has 0 unspecified atom stereocenters. The van der Waals surface area contributed by atoms with E-state index in [1.165, 1.54) is 0 Å². The molecule has 0 spiro atoms. The quantitative estimate of drug-likeness (QED) is 0.760. The number of aliphatic hydroxyl groups excluding tert-OH is 1. The molecular weight excluding hydrogens is 312 g/mol. The van der Waals surface area contributed by atoms with E-state index in [0.717, 1.165) is 35.9 Å². The maximum absolute atomic E-state index is 13.0. The van der Waals surface area contributed by atoms with Crippen molar-refractivity contribution in [3.05, 3.63) is 71.9 Å². The van der Waals surface area contributed by atoms with E-state index in [-0.39, 0.29) is 11.9 Å². The van der Waals surface area contributed by atoms with Crippen molar-refractivity contribution in [2.24, 2.45) is 0 Å². The fourth-order valence-electron chi connectivity index (χ4n) is 3.76. The Hall–Kier alpha value is -2.59. The van der Waals surface area contributed by atoms with Gasteiger partial charge in [-0.1, -0.05) is 48.5 Å². The highest BCUT2D eigenvalue weighted by Crippen LogP contribution is 2.29. The predicted octanol–water partition coefficient (Wildman–Crippen LogP) is 3.90. The number of hydrogen-bond donors (Lipinski definition) is 2. The van der Waals surface area contributed by atoms with Crippen LogP contribution in [0.5, 0.6) is 0 Å². The average Bonchev–Trinajstić information content (AvgIpc) is 3.28. The number of fused-ring (bicyclic) bond motifs is 1. The number of rotatable bonds is 4. The molecule has 2 N–H and O–H groups in total. The molecule has 4 rings (SSSR count). The molecule has 1 amide bonds. The van der Waals surface area contributed by atoms with Gasteiger partial charge >= 0.3 is 0 Å². The highest BCUT2D eigenvalue weighted by Gasteiger charge is 2.31. The number of carbonyl (C=O) groups is 1. The first-order chi connectivity index (χ1) is 12.2. The van der Waals surface area contributed by atoms with Crippen LogP contribution in [0.3, 0.4) is 0 Å². The van der Waals surface area contributed by atoms with E-state index in [1.54, 1.807) is 0 Å². The summed E-state index contributed by atoms with van der Waals surface area (Å²) in [5, 5.41) is 11.6. The lowest BCUT2D eigenvalue weighted by Gasteiger charge is -2.26. The van der Waals surface area contributed by atoms with Crippen LogP contribution in [0.1, 0.15) is 41.4 Å². The Morgan fingerprint density at radius 3 is 2.72 bits per heavy atom. The predicted molar refractivity (Wildman–Crippen MR) is 98.4 cm³/mol. The summed E-state index contributed by atoms with van der Waals surface area (Å²) in [6.45, 7) is 0.750. The Balaban J connectivity index is 1.51. The summed E-state index contributed by atoms with van der Waals surface area (Å²) in [4.78, 5) is 18.1. The van der Waals surface area contributed by atoms with E-state index in [9.17, 15) is 9.90 Å². The summed E-state index contributed by atoms with van der Waals surface area (Å²) in [6, 6.07) is 19.6. The second-order valence-electron chi connectivity index (χ2n) is 6.73. The Morgan fingerprint density at radius 1 is 1.16 bits per heavy atom. The van der Waals surface area contributed by atoms with Crippen LogP contribution in [0.15, 0.2) is 60.7 Å². The van der Waals surface area contributed by atoms with Gasteiger partial charge in [0.25, 0.3) is 5.91 Å². The molecule has 1 saturated heterocycles. The van der Waals surface area contributed by atoms with Gasteiger partial charge < -0.3 is 15.0 Å². The third-order valence-corrected chi connectivity index (χ3v) is 5.08. The average molecular weight is 334 g/mol. The number of H-pyrrole nitrogens is 1. The summed E-state index contributed by atoms with van der Waals surface area (Å²) in [7, 11) is 0. The topological polar surface area (TPSA) is 56.3 Å². The molecule has 2 heterocycles. The van der Waals surface area contributed by atoms with Gasteiger partial charge in [0.1, 0.15) is 5.69 Å². The number of hydrogen-bond acceptors (Lipinski definition) is 2. The lowest BCUT2D eigenvalue weighted by Crippen LogP contribution is -2.36. The van der Waals surface area contributed by atoms with Crippen molar-refractivity contribution in [1.82, 2.24) is 9.88 Å². The van der Waals surface area contributed by atoms with Crippen LogP contribution in [0.2, 0.25) is 0 Å². The molecular formula is C21H22N2O2. The van der Waals surface area contributed by atoms with Gasteiger partial charge in [-0.2, -0.15) is 0 Å². The van der Waals surface area contributed by atoms with Crippen LogP contribution in [0.25, 0.3) is 10.9 Å². The highest BCUT2D eigenvalue weighted by atomic mass is 16.3. The summed E-state index contributed by atoms with van der Waals surface area (Å²) in [6.07, 6.45) is 1.96. The van der Waals surface area contributed by atoms with Crippen molar-refractivity contribution in [3.8, 4) is 0 Å². The van der Waals surface area contributed by atoms with Gasteiger partial charge in [0.05, 0.1) is 6.10 Å². The fourth-order valence-corrected chi connectivity index (χ4v) is 3.76. The molecule has 2 atom stereocenters. The van der Waals surface area contributed by atoms with Crippen LogP contribution in [0.4, 0.5) is 0 Å². The molecule has 1 aromatic heterocycles. The van der Waals surface area contributed by atoms with E-state index in [2.05, 4.69) is 4.98 Å². The minimum absolute atomic E-state index is 0.0268. The zero-order valence-electron chi connectivity index (χ0n) is 14.1. The summed E-state index contributed by atoms with van der Waals surface area (Å²) < 4.78 is 0. The Morgan fingerprint density at radius 2 is 1.92 bits per heavy atom. The van der Waals surface area contributed by atoms with Crippen molar-refractivity contribution >= 4 is 16.8 Å². The first-order valence-corrected chi connectivity index (χ1v) is 8.84. The molecule has 0 radical (unpaired) electrons. The van der Waals surface area contributed by atoms with Crippen LogP contribution < -0.4 is 0 Å². The second kappa shape index (κ2) is 6.73. The highest BCUT2D eigenvalue weighted by molar-refractivity contribution is 5.98. The van der Waals surface area contributed by atoms with Gasteiger partial charge in [-0.05, 0) is 37.0 Å². The van der Waals surface area contributed by atoms with Gasteiger partial charge in [-0.15, -0.1) is 0 Å². The van der Waals surface area contributed by atoms with Crippen molar-refractivity contribution in [3.63, 3.8) is 0 Å². The lowest BCUT2D eigenvalue weighted by atomic mass is 10.0. The van der Waals surface area contributed by atoms with E-state index >= 15 is 0 Å². The summed E-state index contributed by atoms with van der Waals surface area (Å²) in [5.41, 5.74) is 2.51. The van der Waals surface area contributed by atoms with E-state index < -0.39 is 6.10 Å². The molecule has 0 saturated carbocycles. The number of nitrogens with zero attached hydrogens (tertiary/aromatic N) is 1. The van der Waals surface area contributed by atoms with Crippen molar-refractivity contribution in [2.75, 3.05) is 6.54 Å². The molecule has 0 bridgehead atoms. The van der Waals surface area contributed by atoms with E-state index in [4.69, 9.17) is 0 Å². The maximum atomic E-state index is 13.0. The number of likely N-dealkylation sites (tertiary alicyclic amines) is 1. The van der Waals surface area contributed by atoms with Gasteiger partial charge in [0.2, 0.25) is 0 Å². The number of nitrogens with one attached hydrogen (secondary N) is 1. The Bertz CT molecular complexity index is 839. The molecule has 4 heteroatoms. The van der Waals surface area contributed by atoms with Gasteiger partial charge in [-0.3, -0.25) is 4.79 Å². The molecule has 2 aromatic carbocycles. The maximum Gasteiger partial charge on any atom is 0.270 e. The first kappa shape index (κ1) is 15.9. The van der Waals surface area contributed by atoms with E-state index in [1.807, 2.05) is 65.6 Å². The molecule has 0 aliphatic carbocycles.